The normalized spacial score (nSPS) is 50.6. The van der Waals surface area contributed by atoms with Crippen molar-refractivity contribution < 1.29 is 113 Å². The first-order valence-electron chi connectivity index (χ1n) is 27.4. The van der Waals surface area contributed by atoms with E-state index >= 15 is 0 Å². The van der Waals surface area contributed by atoms with Crippen molar-refractivity contribution >= 4 is 11.8 Å². The molecule has 9 aliphatic rings. The maximum atomic E-state index is 14.2. The van der Waals surface area contributed by atoms with E-state index in [1.807, 2.05) is 0 Å². The highest BCUT2D eigenvalue weighted by molar-refractivity contribution is 6.00. The van der Waals surface area contributed by atoms with E-state index in [-0.39, 0.29) is 39.3 Å². The highest BCUT2D eigenvalue weighted by atomic mass is 16.8. The molecule has 23 nitrogen and oxygen atoms in total. The number of Topliss-reactive ketones (excluding diaryl/α,β-unsaturated/α-hetero) is 1. The van der Waals surface area contributed by atoms with Gasteiger partial charge in [0.15, 0.2) is 37.0 Å². The zero-order chi connectivity index (χ0) is 56.2. The summed E-state index contributed by atoms with van der Waals surface area (Å²) in [4.78, 5) is 27.9. The molecule has 4 saturated heterocycles. The number of methoxy groups -OCH3 is 1. The van der Waals surface area contributed by atoms with Crippen molar-refractivity contribution in [1.29, 1.82) is 0 Å². The number of ketones is 1. The number of hydrogen-bond acceptors (Lipinski definition) is 23. The molecule has 23 heteroatoms. The van der Waals surface area contributed by atoms with E-state index < -0.39 is 160 Å². The second-order valence-electron chi connectivity index (χ2n) is 25.5. The predicted molar refractivity (Wildman–Crippen MR) is 262 cm³/mol. The largest absolute Gasteiger partial charge is 0.467 e. The summed E-state index contributed by atoms with van der Waals surface area (Å²) in [5.41, 5.74) is 2.07. The zero-order valence-corrected chi connectivity index (χ0v) is 45.2. The topological polar surface area (TPSA) is 360 Å². The van der Waals surface area contributed by atoms with Gasteiger partial charge in [-0.1, -0.05) is 54.5 Å². The van der Waals surface area contributed by atoms with E-state index in [0.29, 0.717) is 19.3 Å². The van der Waals surface area contributed by atoms with Crippen LogP contribution in [0.4, 0.5) is 0 Å². The van der Waals surface area contributed by atoms with Crippen LogP contribution in [-0.4, -0.2) is 229 Å². The summed E-state index contributed by atoms with van der Waals surface area (Å²) in [7, 11) is 1.04. The molecule has 26 atom stereocenters. The molecule has 2 saturated carbocycles. The van der Waals surface area contributed by atoms with Crippen molar-refractivity contribution in [3.63, 3.8) is 0 Å². The van der Waals surface area contributed by atoms with Gasteiger partial charge < -0.3 is 104 Å². The number of fused-ring (bicyclic) bond motifs is 6. The molecule has 9 rings (SSSR count). The van der Waals surface area contributed by atoms with Crippen LogP contribution in [0.1, 0.15) is 106 Å². The third-order valence-corrected chi connectivity index (χ3v) is 20.3. The standard InChI is InChI=1S/C54H84O23/c1-50(2)14-11-22-23(17-50)24-9-10-30-52(5)15-13-31(51(3,4)29(52)12-16-53(30,6)54(24,7)18-25(22)58)73-49-44(77-47-39(66)36(63)33(60)27(20-56)71-47)41(40(67)42(75-49)45(68)69-8)74-48-43(37(64)34(61)28(21-57)72-48)76-46-38(65)35(62)32(59)26(19-55)70-46/h9,26-44,46-49,55-57,59-67H,10-21H2,1-8H3/t26-,27-,28-,29?,30?,31+,32-,33+,34+,35+,36+,37+,38-,39-,40+,41+,42+,43-,44-,46+,47+,48+,49-,52+,53-,54-/m1/s1. The van der Waals surface area contributed by atoms with Crippen molar-refractivity contribution in [2.45, 2.75) is 235 Å². The van der Waals surface area contributed by atoms with Crippen LogP contribution in [0, 0.1) is 38.9 Å². The van der Waals surface area contributed by atoms with Gasteiger partial charge in [0.2, 0.25) is 0 Å². The Labute approximate surface area is 448 Å². The average molecular weight is 1100 g/mol. The van der Waals surface area contributed by atoms with Crippen LogP contribution in [-0.2, 0) is 52.2 Å². The molecule has 4 aliphatic heterocycles. The number of aliphatic hydroxyl groups is 12. The molecule has 438 valence electrons. The Kier molecular flexibility index (Phi) is 16.9. The number of ether oxygens (including phenoxy) is 9. The number of carbonyl (C=O) groups excluding carboxylic acids is 2. The molecule has 0 aromatic heterocycles. The van der Waals surface area contributed by atoms with Crippen molar-refractivity contribution in [3.05, 3.63) is 22.8 Å². The predicted octanol–water partition coefficient (Wildman–Crippen LogP) is -1.50. The van der Waals surface area contributed by atoms with E-state index in [0.717, 1.165) is 51.2 Å². The number of carbonyl (C=O) groups is 2. The first-order valence-corrected chi connectivity index (χ1v) is 27.4. The summed E-state index contributed by atoms with van der Waals surface area (Å²) in [6, 6.07) is 0. The number of esters is 1. The van der Waals surface area contributed by atoms with Crippen LogP contribution in [0.25, 0.3) is 0 Å². The summed E-state index contributed by atoms with van der Waals surface area (Å²) in [6.45, 7) is 13.1. The van der Waals surface area contributed by atoms with Gasteiger partial charge in [-0.05, 0) is 102 Å². The lowest BCUT2D eigenvalue weighted by molar-refractivity contribution is -0.407. The van der Waals surface area contributed by atoms with E-state index in [1.54, 1.807) is 0 Å². The highest BCUT2D eigenvalue weighted by Gasteiger charge is 2.68. The van der Waals surface area contributed by atoms with E-state index in [9.17, 15) is 70.9 Å². The number of aliphatic hydroxyl groups excluding tert-OH is 12. The van der Waals surface area contributed by atoms with Crippen LogP contribution < -0.4 is 0 Å². The third kappa shape index (κ3) is 9.93. The molecule has 6 fully saturated rings. The Bertz CT molecular complexity index is 2220. The molecule has 4 heterocycles. The minimum atomic E-state index is -2.13. The van der Waals surface area contributed by atoms with Gasteiger partial charge in [0, 0.05) is 11.8 Å². The first kappa shape index (κ1) is 59.4. The van der Waals surface area contributed by atoms with Gasteiger partial charge >= 0.3 is 5.97 Å². The average Bonchev–Trinajstić information content (AvgIpc) is 3.52. The molecule has 0 radical (unpaired) electrons. The van der Waals surface area contributed by atoms with Crippen LogP contribution in [0.5, 0.6) is 0 Å². The Balaban J connectivity index is 1.06. The SMILES string of the molecule is COC(=O)[C@H]1O[C@@H](O[C@H]2CC[C@@]3(C)C(CC[C@]4(C)C3CC=C3C5=C(CCC(C)(C)C5)C(=O)C[C@]34C)C2(C)C)[C@H](O[C@@H]2O[C@H](CO)[C@H](O)[C@H](O)[C@H]2O)[C@@H](O[C@@H]2O[C@H](CO)[C@H](O)[C@H](O)[C@H]2O[C@@H]2O[C@H](CO)[C@@H](O)[C@H](O)[C@H]2O)[C@@H]1O. The molecule has 5 aliphatic carbocycles. The van der Waals surface area contributed by atoms with E-state index in [4.69, 9.17) is 42.6 Å². The third-order valence-electron chi connectivity index (χ3n) is 20.3. The van der Waals surface area contributed by atoms with Crippen LogP contribution in [0.2, 0.25) is 0 Å². The van der Waals surface area contributed by atoms with E-state index in [1.165, 1.54) is 11.1 Å². The summed E-state index contributed by atoms with van der Waals surface area (Å²) >= 11 is 0. The molecule has 12 N–H and O–H groups in total. The quantitative estimate of drug-likeness (QED) is 0.0782. The lowest BCUT2D eigenvalue weighted by Gasteiger charge is -2.69. The van der Waals surface area contributed by atoms with Crippen LogP contribution >= 0.6 is 0 Å². The van der Waals surface area contributed by atoms with Crippen molar-refractivity contribution in [2.75, 3.05) is 26.9 Å². The lowest BCUT2D eigenvalue weighted by atomic mass is 9.35. The van der Waals surface area contributed by atoms with Gasteiger partial charge in [0.25, 0.3) is 0 Å². The molecule has 0 aromatic carbocycles. The number of rotatable bonds is 12. The van der Waals surface area contributed by atoms with Gasteiger partial charge in [-0.15, -0.1) is 0 Å². The summed E-state index contributed by atoms with van der Waals surface area (Å²) in [5, 5.41) is 130. The van der Waals surface area contributed by atoms with E-state index in [2.05, 4.69) is 54.5 Å². The molecule has 77 heavy (non-hydrogen) atoms. The summed E-state index contributed by atoms with van der Waals surface area (Å²) < 4.78 is 54.5. The molecule has 2 unspecified atom stereocenters. The van der Waals surface area contributed by atoms with Gasteiger partial charge in [0.1, 0.15) is 91.6 Å². The Morgan fingerprint density at radius 3 is 1.68 bits per heavy atom. The minimum absolute atomic E-state index is 0.00907. The zero-order valence-electron chi connectivity index (χ0n) is 45.2. The van der Waals surface area contributed by atoms with Gasteiger partial charge in [-0.2, -0.15) is 0 Å². The molecule has 0 amide bonds. The molecule has 0 aromatic rings. The number of allylic oxidation sites excluding steroid dienone is 4. The Morgan fingerprint density at radius 2 is 1.10 bits per heavy atom. The second kappa shape index (κ2) is 21.9. The highest BCUT2D eigenvalue weighted by Crippen LogP contribution is 2.74. The van der Waals surface area contributed by atoms with Crippen molar-refractivity contribution in [3.8, 4) is 0 Å². The molecular weight excluding hydrogens is 1020 g/mol. The monoisotopic (exact) mass is 1100 g/mol. The fourth-order valence-corrected chi connectivity index (χ4v) is 15.6. The maximum Gasteiger partial charge on any atom is 0.337 e. The second-order valence-corrected chi connectivity index (χ2v) is 25.5. The Hall–Kier alpha value is -2.18. The van der Waals surface area contributed by atoms with Gasteiger partial charge in [-0.3, -0.25) is 4.79 Å². The van der Waals surface area contributed by atoms with Crippen molar-refractivity contribution in [1.82, 2.24) is 0 Å². The molecule has 0 bridgehead atoms. The summed E-state index contributed by atoms with van der Waals surface area (Å²) in [5.74, 6) is -0.685. The molecular formula is C54H84O23. The fourth-order valence-electron chi connectivity index (χ4n) is 15.6. The van der Waals surface area contributed by atoms with Crippen molar-refractivity contribution in [2.24, 2.45) is 38.9 Å². The fraction of sp³-hybridized carbons (Fsp3) is 0.889. The van der Waals surface area contributed by atoms with Gasteiger partial charge in [0.05, 0.1) is 33.0 Å². The van der Waals surface area contributed by atoms with Gasteiger partial charge in [-0.25, -0.2) is 4.79 Å². The minimum Gasteiger partial charge on any atom is -0.467 e. The Morgan fingerprint density at radius 1 is 0.571 bits per heavy atom. The first-order chi connectivity index (χ1) is 36.1. The number of hydrogen-bond donors (Lipinski definition) is 12. The van der Waals surface area contributed by atoms with Crippen LogP contribution in [0.3, 0.4) is 0 Å². The maximum absolute atomic E-state index is 14.2. The van der Waals surface area contributed by atoms with Crippen LogP contribution in [0.15, 0.2) is 22.8 Å². The molecule has 0 spiro atoms. The smallest absolute Gasteiger partial charge is 0.337 e. The summed E-state index contributed by atoms with van der Waals surface area (Å²) in [6.07, 6.45) is -29.5. The lowest BCUT2D eigenvalue weighted by Crippen LogP contribution is -2.69.